The van der Waals surface area contributed by atoms with Crippen LogP contribution in [0.4, 0.5) is 0 Å². The van der Waals surface area contributed by atoms with Crippen molar-refractivity contribution in [3.63, 3.8) is 0 Å². The van der Waals surface area contributed by atoms with Crippen LogP contribution < -0.4 is 5.32 Å². The van der Waals surface area contributed by atoms with Crippen LogP contribution in [0.1, 0.15) is 19.8 Å². The van der Waals surface area contributed by atoms with Gasteiger partial charge in [-0.15, -0.1) is 5.10 Å². The average Bonchev–Trinajstić information content (AvgIpc) is 3.22. The molecule has 0 spiro atoms. The van der Waals surface area contributed by atoms with Gasteiger partial charge >= 0.3 is 0 Å². The predicted octanol–water partition coefficient (Wildman–Crippen LogP) is 2.14. The first-order valence-corrected chi connectivity index (χ1v) is 8.07. The summed E-state index contributed by atoms with van der Waals surface area (Å²) in [6.45, 7) is 3.18. The largest absolute Gasteiger partial charge is 0.313 e. The second-order valence-electron chi connectivity index (χ2n) is 5.02. The maximum absolute atomic E-state index is 4.14. The maximum Gasteiger partial charge on any atom is 0.214 e. The molecule has 0 saturated heterocycles. The van der Waals surface area contributed by atoms with E-state index in [9.17, 15) is 0 Å². The molecule has 1 aliphatic carbocycles. The van der Waals surface area contributed by atoms with Crippen LogP contribution in [0.25, 0.3) is 5.69 Å². The molecule has 106 valence electrons. The molecule has 3 rings (SSSR count). The summed E-state index contributed by atoms with van der Waals surface area (Å²) in [5, 5.41) is 16.5. The standard InChI is InChI=1S/C14H19N5S/c1-2-15-13(11-8-9-11)10-20-14-16-17-18-19(14)12-6-4-3-5-7-12/h3-7,11,13,15H,2,8-10H2,1H3. The van der Waals surface area contributed by atoms with Crippen LogP contribution in [-0.2, 0) is 0 Å². The van der Waals surface area contributed by atoms with Gasteiger partial charge < -0.3 is 5.32 Å². The lowest BCUT2D eigenvalue weighted by molar-refractivity contribution is 0.519. The van der Waals surface area contributed by atoms with Crippen LogP contribution in [-0.4, -0.2) is 38.5 Å². The highest BCUT2D eigenvalue weighted by molar-refractivity contribution is 7.99. The average molecular weight is 289 g/mol. The first kappa shape index (κ1) is 13.6. The van der Waals surface area contributed by atoms with Gasteiger partial charge in [0.25, 0.3) is 0 Å². The Bertz CT molecular complexity index is 538. The monoisotopic (exact) mass is 289 g/mol. The number of hydrogen-bond acceptors (Lipinski definition) is 5. The van der Waals surface area contributed by atoms with Crippen molar-refractivity contribution >= 4 is 11.8 Å². The van der Waals surface area contributed by atoms with E-state index in [-0.39, 0.29) is 0 Å². The molecule has 0 aliphatic heterocycles. The fraction of sp³-hybridized carbons (Fsp3) is 0.500. The van der Waals surface area contributed by atoms with E-state index >= 15 is 0 Å². The van der Waals surface area contributed by atoms with E-state index in [2.05, 4.69) is 27.8 Å². The highest BCUT2D eigenvalue weighted by Gasteiger charge is 2.30. The summed E-state index contributed by atoms with van der Waals surface area (Å²) in [6.07, 6.45) is 2.70. The van der Waals surface area contributed by atoms with Crippen molar-refractivity contribution in [1.82, 2.24) is 25.5 Å². The third kappa shape index (κ3) is 3.19. The Hall–Kier alpha value is -1.40. The second kappa shape index (κ2) is 6.37. The Morgan fingerprint density at radius 1 is 1.35 bits per heavy atom. The molecule has 0 radical (unpaired) electrons. The molecular weight excluding hydrogens is 270 g/mol. The lowest BCUT2D eigenvalue weighted by Gasteiger charge is -2.16. The minimum atomic E-state index is 0.575. The Labute approximate surface area is 123 Å². The third-order valence-corrected chi connectivity index (χ3v) is 4.53. The quantitative estimate of drug-likeness (QED) is 0.791. The van der Waals surface area contributed by atoms with Crippen molar-refractivity contribution in [2.24, 2.45) is 5.92 Å². The molecule has 1 aliphatic rings. The summed E-state index contributed by atoms with van der Waals surface area (Å²) in [6, 6.07) is 10.6. The first-order chi connectivity index (χ1) is 9.88. The molecular formula is C14H19N5S. The van der Waals surface area contributed by atoms with Crippen molar-refractivity contribution < 1.29 is 0 Å². The number of tetrazole rings is 1. The molecule has 1 aromatic carbocycles. The topological polar surface area (TPSA) is 55.6 Å². The van der Waals surface area contributed by atoms with E-state index in [1.54, 1.807) is 16.4 Å². The molecule has 1 saturated carbocycles. The molecule has 1 atom stereocenters. The van der Waals surface area contributed by atoms with Crippen molar-refractivity contribution in [2.75, 3.05) is 12.3 Å². The molecule has 6 heteroatoms. The number of nitrogens with one attached hydrogen (secondary N) is 1. The molecule has 1 heterocycles. The number of hydrogen-bond donors (Lipinski definition) is 1. The van der Waals surface area contributed by atoms with Gasteiger partial charge in [0, 0.05) is 11.8 Å². The molecule has 1 N–H and O–H groups in total. The molecule has 0 bridgehead atoms. The lowest BCUT2D eigenvalue weighted by Crippen LogP contribution is -2.33. The van der Waals surface area contributed by atoms with Crippen molar-refractivity contribution in [3.05, 3.63) is 30.3 Å². The molecule has 1 aromatic heterocycles. The Balaban J connectivity index is 1.67. The van der Waals surface area contributed by atoms with Gasteiger partial charge in [0.05, 0.1) is 5.69 Å². The zero-order chi connectivity index (χ0) is 13.8. The number of benzene rings is 1. The van der Waals surface area contributed by atoms with Crippen LogP contribution >= 0.6 is 11.8 Å². The molecule has 5 nitrogen and oxygen atoms in total. The smallest absolute Gasteiger partial charge is 0.214 e. The van der Waals surface area contributed by atoms with Gasteiger partial charge in [-0.05, 0) is 47.9 Å². The summed E-state index contributed by atoms with van der Waals surface area (Å²) < 4.78 is 1.81. The fourth-order valence-electron chi connectivity index (χ4n) is 2.29. The molecule has 1 unspecified atom stereocenters. The van der Waals surface area contributed by atoms with Gasteiger partial charge in [-0.3, -0.25) is 0 Å². The van der Waals surface area contributed by atoms with Crippen LogP contribution in [0.2, 0.25) is 0 Å². The van der Waals surface area contributed by atoms with E-state index in [1.165, 1.54) is 12.8 Å². The Morgan fingerprint density at radius 3 is 2.85 bits per heavy atom. The van der Waals surface area contributed by atoms with Gasteiger partial charge in [-0.25, -0.2) is 0 Å². The number of rotatable bonds is 7. The number of aromatic nitrogens is 4. The second-order valence-corrected chi connectivity index (χ2v) is 6.01. The summed E-state index contributed by atoms with van der Waals surface area (Å²) >= 11 is 1.73. The molecule has 0 amide bonds. The lowest BCUT2D eigenvalue weighted by atomic mass is 10.2. The van der Waals surface area contributed by atoms with Gasteiger partial charge in [0.1, 0.15) is 0 Å². The first-order valence-electron chi connectivity index (χ1n) is 7.08. The highest BCUT2D eigenvalue weighted by atomic mass is 32.2. The minimum absolute atomic E-state index is 0.575. The van der Waals surface area contributed by atoms with E-state index in [1.807, 2.05) is 30.3 Å². The summed E-state index contributed by atoms with van der Waals surface area (Å²) in [5.41, 5.74) is 1.01. The number of nitrogens with zero attached hydrogens (tertiary/aromatic N) is 4. The Kier molecular flexibility index (Phi) is 4.32. The van der Waals surface area contributed by atoms with Crippen molar-refractivity contribution in [1.29, 1.82) is 0 Å². The zero-order valence-electron chi connectivity index (χ0n) is 11.6. The number of thioether (sulfide) groups is 1. The molecule has 1 fully saturated rings. The van der Waals surface area contributed by atoms with Gasteiger partial charge in [0.2, 0.25) is 5.16 Å². The van der Waals surface area contributed by atoms with Crippen LogP contribution in [0.15, 0.2) is 35.5 Å². The van der Waals surface area contributed by atoms with Gasteiger partial charge in [-0.1, -0.05) is 36.9 Å². The maximum atomic E-state index is 4.14. The minimum Gasteiger partial charge on any atom is -0.313 e. The summed E-state index contributed by atoms with van der Waals surface area (Å²) in [7, 11) is 0. The van der Waals surface area contributed by atoms with Crippen molar-refractivity contribution in [2.45, 2.75) is 31.0 Å². The zero-order valence-corrected chi connectivity index (χ0v) is 12.4. The van der Waals surface area contributed by atoms with E-state index in [0.29, 0.717) is 6.04 Å². The van der Waals surface area contributed by atoms with E-state index in [0.717, 1.165) is 29.1 Å². The highest BCUT2D eigenvalue weighted by Crippen LogP contribution is 2.35. The Morgan fingerprint density at radius 2 is 2.15 bits per heavy atom. The third-order valence-electron chi connectivity index (χ3n) is 3.49. The SMILES string of the molecule is CCNC(CSc1nnnn1-c1ccccc1)C1CC1. The van der Waals surface area contributed by atoms with Crippen molar-refractivity contribution in [3.8, 4) is 5.69 Å². The fourth-order valence-corrected chi connectivity index (χ4v) is 3.36. The van der Waals surface area contributed by atoms with Gasteiger partial charge in [0.15, 0.2) is 0 Å². The number of para-hydroxylation sites is 1. The van der Waals surface area contributed by atoms with Crippen LogP contribution in [0.5, 0.6) is 0 Å². The van der Waals surface area contributed by atoms with E-state index < -0.39 is 0 Å². The summed E-state index contributed by atoms with van der Waals surface area (Å²) in [5.74, 6) is 1.86. The van der Waals surface area contributed by atoms with Gasteiger partial charge in [-0.2, -0.15) is 4.68 Å². The molecule has 20 heavy (non-hydrogen) atoms. The molecule has 2 aromatic rings. The van der Waals surface area contributed by atoms with Crippen LogP contribution in [0, 0.1) is 5.92 Å². The normalized spacial score (nSPS) is 16.2. The summed E-state index contributed by atoms with van der Waals surface area (Å²) in [4.78, 5) is 0. The predicted molar refractivity (Wildman–Crippen MR) is 80.1 cm³/mol. The van der Waals surface area contributed by atoms with E-state index in [4.69, 9.17) is 0 Å². The van der Waals surface area contributed by atoms with Crippen LogP contribution in [0.3, 0.4) is 0 Å².